The molecule has 0 unspecified atom stereocenters. The van der Waals surface area contributed by atoms with Gasteiger partial charge in [-0.25, -0.2) is 12.8 Å². The molecule has 0 spiro atoms. The van der Waals surface area contributed by atoms with Gasteiger partial charge < -0.3 is 5.73 Å². The van der Waals surface area contributed by atoms with Crippen LogP contribution in [0.3, 0.4) is 0 Å². The molecule has 0 aliphatic carbocycles. The highest BCUT2D eigenvalue weighted by Gasteiger charge is 2.19. The molecule has 0 fully saturated rings. The Morgan fingerprint density at radius 3 is 2.65 bits per heavy atom. The monoisotopic (exact) mass is 272 g/mol. The quantitative estimate of drug-likeness (QED) is 0.842. The van der Waals surface area contributed by atoms with Crippen molar-refractivity contribution in [3.05, 3.63) is 40.8 Å². The molecule has 0 atom stereocenters. The van der Waals surface area contributed by atoms with Gasteiger partial charge in [0.25, 0.3) is 10.0 Å². The van der Waals surface area contributed by atoms with Gasteiger partial charge in [0.2, 0.25) is 0 Å². The van der Waals surface area contributed by atoms with Crippen molar-refractivity contribution < 1.29 is 12.8 Å². The van der Waals surface area contributed by atoms with E-state index in [4.69, 9.17) is 5.73 Å². The van der Waals surface area contributed by atoms with Gasteiger partial charge in [-0.3, -0.25) is 4.72 Å². The molecule has 1 heterocycles. The third-order valence-corrected chi connectivity index (χ3v) is 4.12. The van der Waals surface area contributed by atoms with Crippen molar-refractivity contribution in [1.82, 2.24) is 0 Å². The number of rotatable bonds is 3. The van der Waals surface area contributed by atoms with Crippen LogP contribution in [0.25, 0.3) is 0 Å². The maximum Gasteiger partial charge on any atom is 0.264 e. The molecule has 90 valence electrons. The fourth-order valence-corrected chi connectivity index (χ4v) is 3.04. The highest BCUT2D eigenvalue weighted by atomic mass is 32.2. The van der Waals surface area contributed by atoms with Gasteiger partial charge in [0.15, 0.2) is 0 Å². The topological polar surface area (TPSA) is 72.2 Å². The normalized spacial score (nSPS) is 11.4. The second-order valence-electron chi connectivity index (χ2n) is 3.31. The van der Waals surface area contributed by atoms with Crippen molar-refractivity contribution in [3.8, 4) is 0 Å². The van der Waals surface area contributed by atoms with E-state index in [0.29, 0.717) is 5.69 Å². The molecule has 0 saturated carbocycles. The summed E-state index contributed by atoms with van der Waals surface area (Å²) in [6.45, 7) is 0. The summed E-state index contributed by atoms with van der Waals surface area (Å²) in [5.41, 5.74) is 5.94. The van der Waals surface area contributed by atoms with Crippen LogP contribution in [-0.2, 0) is 10.0 Å². The Kier molecular flexibility index (Phi) is 3.03. The average molecular weight is 272 g/mol. The first-order valence-electron chi connectivity index (χ1n) is 4.59. The maximum atomic E-state index is 13.5. The Labute approximate surface area is 102 Å². The van der Waals surface area contributed by atoms with Crippen LogP contribution in [-0.4, -0.2) is 8.42 Å². The molecule has 3 N–H and O–H groups in total. The summed E-state index contributed by atoms with van der Waals surface area (Å²) in [7, 11) is -3.90. The molecule has 1 aromatic heterocycles. The van der Waals surface area contributed by atoms with Crippen molar-refractivity contribution in [3.63, 3.8) is 0 Å². The van der Waals surface area contributed by atoms with Crippen LogP contribution in [0.5, 0.6) is 0 Å². The number of benzene rings is 1. The summed E-state index contributed by atoms with van der Waals surface area (Å²) in [4.78, 5) is -0.419. The van der Waals surface area contributed by atoms with Crippen LogP contribution < -0.4 is 10.5 Å². The van der Waals surface area contributed by atoms with Gasteiger partial charge in [0.05, 0.1) is 5.69 Å². The van der Waals surface area contributed by atoms with Crippen LogP contribution in [0.1, 0.15) is 0 Å². The molecule has 2 aromatic rings. The molecule has 0 bridgehead atoms. The van der Waals surface area contributed by atoms with Gasteiger partial charge in [-0.05, 0) is 29.6 Å². The fraction of sp³-hybridized carbons (Fsp3) is 0. The summed E-state index contributed by atoms with van der Waals surface area (Å²) in [6, 6.07) is 5.05. The number of nitrogens with two attached hydrogens (primary N) is 1. The van der Waals surface area contributed by atoms with E-state index >= 15 is 0 Å². The van der Waals surface area contributed by atoms with Gasteiger partial charge in [0, 0.05) is 11.1 Å². The molecule has 0 aliphatic rings. The molecule has 0 amide bonds. The SMILES string of the molecule is Nc1ccc(S(=O)(=O)Nc2ccsc2)c(F)c1. The number of nitrogen functional groups attached to an aromatic ring is 1. The summed E-state index contributed by atoms with van der Waals surface area (Å²) in [6.07, 6.45) is 0. The van der Waals surface area contributed by atoms with Crippen molar-refractivity contribution in [1.29, 1.82) is 0 Å². The van der Waals surface area contributed by atoms with Crippen molar-refractivity contribution in [2.45, 2.75) is 4.90 Å². The summed E-state index contributed by atoms with van der Waals surface area (Å²) < 4.78 is 39.4. The van der Waals surface area contributed by atoms with Crippen LogP contribution in [0.15, 0.2) is 39.9 Å². The fourth-order valence-electron chi connectivity index (χ4n) is 1.27. The third-order valence-electron chi connectivity index (χ3n) is 2.02. The minimum atomic E-state index is -3.90. The van der Waals surface area contributed by atoms with Crippen molar-refractivity contribution in [2.24, 2.45) is 0 Å². The molecular formula is C10H9FN2O2S2. The Bertz CT molecular complexity index is 624. The Morgan fingerprint density at radius 2 is 2.06 bits per heavy atom. The number of thiophene rings is 1. The van der Waals surface area contributed by atoms with Gasteiger partial charge in [-0.1, -0.05) is 0 Å². The van der Waals surface area contributed by atoms with Gasteiger partial charge in [0.1, 0.15) is 10.7 Å². The van der Waals surface area contributed by atoms with E-state index in [1.165, 1.54) is 17.4 Å². The van der Waals surface area contributed by atoms with Crippen LogP contribution in [0, 0.1) is 5.82 Å². The van der Waals surface area contributed by atoms with Gasteiger partial charge in [-0.2, -0.15) is 11.3 Å². The highest BCUT2D eigenvalue weighted by molar-refractivity contribution is 7.92. The first kappa shape index (κ1) is 11.9. The first-order valence-corrected chi connectivity index (χ1v) is 7.02. The molecule has 1 aromatic carbocycles. The zero-order chi connectivity index (χ0) is 12.5. The average Bonchev–Trinajstić information content (AvgIpc) is 2.68. The first-order chi connectivity index (χ1) is 7.99. The van der Waals surface area contributed by atoms with E-state index in [1.54, 1.807) is 16.8 Å². The largest absolute Gasteiger partial charge is 0.399 e. The van der Waals surface area contributed by atoms with Crippen LogP contribution in [0.2, 0.25) is 0 Å². The summed E-state index contributed by atoms with van der Waals surface area (Å²) in [5, 5.41) is 3.34. The van der Waals surface area contributed by atoms with Gasteiger partial charge in [-0.15, -0.1) is 0 Å². The molecule has 4 nitrogen and oxygen atoms in total. The standard InChI is InChI=1S/C10H9FN2O2S2/c11-9-5-7(12)1-2-10(9)17(14,15)13-8-3-4-16-6-8/h1-6,13H,12H2. The van der Waals surface area contributed by atoms with E-state index in [1.807, 2.05) is 0 Å². The van der Waals surface area contributed by atoms with E-state index < -0.39 is 20.7 Å². The highest BCUT2D eigenvalue weighted by Crippen LogP contribution is 2.21. The molecule has 7 heteroatoms. The minimum Gasteiger partial charge on any atom is -0.399 e. The molecule has 0 aliphatic heterocycles. The van der Waals surface area contributed by atoms with E-state index in [9.17, 15) is 12.8 Å². The predicted octanol–water partition coefficient (Wildman–Crippen LogP) is 2.27. The zero-order valence-electron chi connectivity index (χ0n) is 8.55. The Balaban J connectivity index is 2.38. The minimum absolute atomic E-state index is 0.178. The lowest BCUT2D eigenvalue weighted by atomic mass is 10.3. The van der Waals surface area contributed by atoms with Crippen molar-refractivity contribution in [2.75, 3.05) is 10.5 Å². The number of halogens is 1. The van der Waals surface area contributed by atoms with E-state index in [-0.39, 0.29) is 5.69 Å². The Hall–Kier alpha value is -1.60. The second kappa shape index (κ2) is 4.34. The Morgan fingerprint density at radius 1 is 1.29 bits per heavy atom. The zero-order valence-corrected chi connectivity index (χ0v) is 10.2. The summed E-state index contributed by atoms with van der Waals surface area (Å²) in [5.74, 6) is -0.868. The number of nitrogens with one attached hydrogen (secondary N) is 1. The number of hydrogen-bond donors (Lipinski definition) is 2. The van der Waals surface area contributed by atoms with E-state index in [0.717, 1.165) is 12.1 Å². The lowest BCUT2D eigenvalue weighted by Gasteiger charge is -2.07. The van der Waals surface area contributed by atoms with Gasteiger partial charge >= 0.3 is 0 Å². The summed E-state index contributed by atoms with van der Waals surface area (Å²) >= 11 is 1.34. The molecular weight excluding hydrogens is 263 g/mol. The predicted molar refractivity (Wildman–Crippen MR) is 65.9 cm³/mol. The van der Waals surface area contributed by atoms with Crippen LogP contribution in [0.4, 0.5) is 15.8 Å². The smallest absolute Gasteiger partial charge is 0.264 e. The lowest BCUT2D eigenvalue weighted by molar-refractivity contribution is 0.571. The number of anilines is 2. The number of sulfonamides is 1. The lowest BCUT2D eigenvalue weighted by Crippen LogP contribution is -2.14. The van der Waals surface area contributed by atoms with E-state index in [2.05, 4.69) is 4.72 Å². The van der Waals surface area contributed by atoms with Crippen LogP contribution >= 0.6 is 11.3 Å². The molecule has 0 saturated heterocycles. The van der Waals surface area contributed by atoms with Crippen molar-refractivity contribution >= 4 is 32.7 Å². The maximum absolute atomic E-state index is 13.5. The second-order valence-corrected chi connectivity index (χ2v) is 5.74. The third kappa shape index (κ3) is 2.56. The molecule has 2 rings (SSSR count). The molecule has 0 radical (unpaired) electrons. The number of hydrogen-bond acceptors (Lipinski definition) is 4. The molecule has 17 heavy (non-hydrogen) atoms.